The number of nitrogens with one attached hydrogen (secondary N) is 1. The van der Waals surface area contributed by atoms with Crippen LogP contribution in [0.3, 0.4) is 0 Å². The van der Waals surface area contributed by atoms with Crippen molar-refractivity contribution in [2.75, 3.05) is 11.1 Å². The molecule has 0 aliphatic rings. The lowest BCUT2D eigenvalue weighted by molar-refractivity contribution is -0.137. The van der Waals surface area contributed by atoms with Crippen LogP contribution in [0.1, 0.15) is 5.56 Å². The topological polar surface area (TPSA) is 90.0 Å². The van der Waals surface area contributed by atoms with Crippen LogP contribution in [0.25, 0.3) is 11.3 Å². The van der Waals surface area contributed by atoms with Gasteiger partial charge in [0.05, 0.1) is 32.7 Å². The van der Waals surface area contributed by atoms with Gasteiger partial charge in [-0.15, -0.1) is 10.2 Å². The van der Waals surface area contributed by atoms with Crippen LogP contribution in [0.15, 0.2) is 48.3 Å². The van der Waals surface area contributed by atoms with Gasteiger partial charge in [0.15, 0.2) is 10.8 Å². The molecule has 0 saturated heterocycles. The van der Waals surface area contributed by atoms with Crippen molar-refractivity contribution in [2.24, 2.45) is 0 Å². The number of hydrogen-bond acceptors (Lipinski definition) is 6. The highest BCUT2D eigenvalue weighted by molar-refractivity contribution is 7.99. The molecule has 14 heteroatoms. The summed E-state index contributed by atoms with van der Waals surface area (Å²) in [5.41, 5.74) is -0.383. The Morgan fingerprint density at radius 3 is 2.71 bits per heavy atom. The lowest BCUT2D eigenvalue weighted by atomic mass is 10.1. The SMILES string of the molecule is O=C(CSc1nnc2c(Cl)cc(Cl)cn12)Nc1cc(C(F)(F)F)ccc1-n1cncn1. The van der Waals surface area contributed by atoms with Crippen LogP contribution in [-0.2, 0) is 11.0 Å². The normalized spacial score (nSPS) is 11.8. The van der Waals surface area contributed by atoms with Crippen molar-refractivity contribution in [3.8, 4) is 5.69 Å². The maximum Gasteiger partial charge on any atom is 0.416 e. The van der Waals surface area contributed by atoms with Gasteiger partial charge in [0.25, 0.3) is 0 Å². The Balaban J connectivity index is 1.56. The second-order valence-electron chi connectivity index (χ2n) is 6.09. The van der Waals surface area contributed by atoms with Gasteiger partial charge in [-0.1, -0.05) is 35.0 Å². The van der Waals surface area contributed by atoms with Crippen molar-refractivity contribution < 1.29 is 18.0 Å². The molecule has 0 bridgehead atoms. The lowest BCUT2D eigenvalue weighted by Crippen LogP contribution is -2.17. The molecule has 3 heterocycles. The summed E-state index contributed by atoms with van der Waals surface area (Å²) in [7, 11) is 0. The maximum atomic E-state index is 13.1. The van der Waals surface area contributed by atoms with E-state index in [1.807, 2.05) is 0 Å². The molecule has 0 spiro atoms. The Hall–Kier alpha value is -2.83. The zero-order valence-electron chi connectivity index (χ0n) is 15.1. The summed E-state index contributed by atoms with van der Waals surface area (Å²) < 4.78 is 42.2. The summed E-state index contributed by atoms with van der Waals surface area (Å²) >= 11 is 13.1. The average Bonchev–Trinajstić information content (AvgIpc) is 3.36. The molecule has 0 saturated carbocycles. The molecular weight excluding hydrogens is 478 g/mol. The molecule has 160 valence electrons. The number of rotatable bonds is 5. The number of alkyl halides is 3. The van der Waals surface area contributed by atoms with E-state index in [-0.39, 0.29) is 22.2 Å². The summed E-state index contributed by atoms with van der Waals surface area (Å²) in [6, 6.07) is 4.45. The standard InChI is InChI=1S/C17H10Cl2F3N7OS/c18-10-4-11(19)15-26-27-16(28(15)5-10)31-6-14(30)25-12-3-9(17(20,21)22)1-2-13(12)29-8-23-7-24-29/h1-5,7-8H,6H2,(H,25,30). The average molecular weight is 488 g/mol. The van der Waals surface area contributed by atoms with Gasteiger partial charge >= 0.3 is 6.18 Å². The fourth-order valence-corrected chi connectivity index (χ4v) is 3.88. The number of carbonyl (C=O) groups excluding carboxylic acids is 1. The van der Waals surface area contributed by atoms with Gasteiger partial charge in [0.2, 0.25) is 5.91 Å². The number of hydrogen-bond donors (Lipinski definition) is 1. The molecular formula is C17H10Cl2F3N7OS. The van der Waals surface area contributed by atoms with E-state index in [1.54, 1.807) is 6.20 Å². The molecule has 0 aliphatic heterocycles. The quantitative estimate of drug-likeness (QED) is 0.420. The van der Waals surface area contributed by atoms with E-state index in [1.165, 1.54) is 33.9 Å². The first-order valence-electron chi connectivity index (χ1n) is 8.41. The second-order valence-corrected chi connectivity index (χ2v) is 7.88. The van der Waals surface area contributed by atoms with Crippen LogP contribution >= 0.6 is 35.0 Å². The molecule has 0 fully saturated rings. The van der Waals surface area contributed by atoms with Gasteiger partial charge in [-0.2, -0.15) is 18.3 Å². The molecule has 1 aromatic carbocycles. The molecule has 0 unspecified atom stereocenters. The van der Waals surface area contributed by atoms with E-state index in [9.17, 15) is 18.0 Å². The predicted octanol–water partition coefficient (Wildman–Crippen LogP) is 4.37. The van der Waals surface area contributed by atoms with Gasteiger partial charge in [-0.25, -0.2) is 9.67 Å². The number of anilines is 1. The van der Waals surface area contributed by atoms with Crippen LogP contribution in [0.2, 0.25) is 10.0 Å². The van der Waals surface area contributed by atoms with E-state index in [0.717, 1.165) is 23.9 Å². The number of carbonyl (C=O) groups is 1. The number of benzene rings is 1. The van der Waals surface area contributed by atoms with Crippen molar-refractivity contribution in [2.45, 2.75) is 11.3 Å². The Bertz CT molecular complexity index is 1260. The van der Waals surface area contributed by atoms with Gasteiger partial charge in [0.1, 0.15) is 12.7 Å². The van der Waals surface area contributed by atoms with Gasteiger partial charge < -0.3 is 5.32 Å². The third-order valence-electron chi connectivity index (χ3n) is 3.99. The van der Waals surface area contributed by atoms with Crippen LogP contribution < -0.4 is 5.32 Å². The number of aromatic nitrogens is 6. The molecule has 4 aromatic rings. The Labute approximate surface area is 186 Å². The molecule has 8 nitrogen and oxygen atoms in total. The minimum atomic E-state index is -4.58. The largest absolute Gasteiger partial charge is 0.416 e. The molecule has 0 atom stereocenters. The molecule has 1 N–H and O–H groups in total. The van der Waals surface area contributed by atoms with E-state index in [4.69, 9.17) is 23.2 Å². The van der Waals surface area contributed by atoms with Gasteiger partial charge in [-0.3, -0.25) is 9.20 Å². The number of amides is 1. The minimum Gasteiger partial charge on any atom is -0.323 e. The van der Waals surface area contributed by atoms with Crippen molar-refractivity contribution >= 4 is 52.2 Å². The number of pyridine rings is 1. The number of halogens is 5. The first-order valence-corrected chi connectivity index (χ1v) is 10.2. The van der Waals surface area contributed by atoms with Crippen molar-refractivity contribution in [1.29, 1.82) is 0 Å². The molecule has 0 aliphatic carbocycles. The zero-order chi connectivity index (χ0) is 22.2. The highest BCUT2D eigenvalue weighted by Gasteiger charge is 2.31. The number of thioether (sulfide) groups is 1. The van der Waals surface area contributed by atoms with Crippen molar-refractivity contribution in [3.63, 3.8) is 0 Å². The first-order chi connectivity index (χ1) is 14.7. The monoisotopic (exact) mass is 487 g/mol. The van der Waals surface area contributed by atoms with E-state index in [2.05, 4.69) is 25.6 Å². The fourth-order valence-electron chi connectivity index (χ4n) is 2.66. The zero-order valence-corrected chi connectivity index (χ0v) is 17.5. The minimum absolute atomic E-state index is 0.0666. The second kappa shape index (κ2) is 8.36. The molecule has 0 radical (unpaired) electrons. The summed E-state index contributed by atoms with van der Waals surface area (Å²) in [6.45, 7) is 0. The Morgan fingerprint density at radius 1 is 1.19 bits per heavy atom. The summed E-state index contributed by atoms with van der Waals surface area (Å²) in [5.74, 6) is -0.714. The van der Waals surface area contributed by atoms with Crippen molar-refractivity contribution in [1.82, 2.24) is 29.4 Å². The highest BCUT2D eigenvalue weighted by atomic mass is 35.5. The van der Waals surface area contributed by atoms with E-state index >= 15 is 0 Å². The van der Waals surface area contributed by atoms with Gasteiger partial charge in [0, 0.05) is 6.20 Å². The third kappa shape index (κ3) is 4.60. The molecule has 4 rings (SSSR count). The van der Waals surface area contributed by atoms with Crippen LogP contribution in [0.4, 0.5) is 18.9 Å². The molecule has 3 aromatic heterocycles. The van der Waals surface area contributed by atoms with Crippen molar-refractivity contribution in [3.05, 3.63) is 58.7 Å². The third-order valence-corrected chi connectivity index (χ3v) is 5.42. The maximum absolute atomic E-state index is 13.1. The fraction of sp³-hybridized carbons (Fsp3) is 0.118. The smallest absolute Gasteiger partial charge is 0.323 e. The highest BCUT2D eigenvalue weighted by Crippen LogP contribution is 2.33. The first kappa shape index (κ1) is 21.4. The summed E-state index contributed by atoms with van der Waals surface area (Å²) in [5, 5.41) is 15.3. The van der Waals surface area contributed by atoms with E-state index < -0.39 is 17.6 Å². The summed E-state index contributed by atoms with van der Waals surface area (Å²) in [4.78, 5) is 16.3. The van der Waals surface area contributed by atoms with Gasteiger partial charge in [-0.05, 0) is 24.3 Å². The number of fused-ring (bicyclic) bond motifs is 1. The molecule has 31 heavy (non-hydrogen) atoms. The predicted molar refractivity (Wildman–Crippen MR) is 109 cm³/mol. The number of nitrogens with zero attached hydrogens (tertiary/aromatic N) is 6. The Morgan fingerprint density at radius 2 is 2.00 bits per heavy atom. The summed E-state index contributed by atoms with van der Waals surface area (Å²) in [6.07, 6.45) is -0.499. The van der Waals surface area contributed by atoms with Crippen LogP contribution in [0.5, 0.6) is 0 Å². The lowest BCUT2D eigenvalue weighted by Gasteiger charge is -2.14. The Kier molecular flexibility index (Phi) is 5.77. The van der Waals surface area contributed by atoms with Crippen LogP contribution in [-0.4, -0.2) is 41.0 Å². The van der Waals surface area contributed by atoms with E-state index in [0.29, 0.717) is 15.8 Å². The van der Waals surface area contributed by atoms with Crippen LogP contribution in [0, 0.1) is 0 Å². The molecule has 1 amide bonds.